The molecule has 7 nitrogen and oxygen atoms in total. The van der Waals surface area contributed by atoms with Gasteiger partial charge in [-0.1, -0.05) is 0 Å². The van der Waals surface area contributed by atoms with E-state index in [1.807, 2.05) is 11.4 Å². The molecule has 2 aromatic heterocycles. The number of nitrogens with zero attached hydrogens (tertiary/aromatic N) is 2. The lowest BCUT2D eigenvalue weighted by molar-refractivity contribution is -0.139. The first-order valence-corrected chi connectivity index (χ1v) is 8.45. The molecule has 1 saturated heterocycles. The Labute approximate surface area is 142 Å². The second kappa shape index (κ2) is 7.14. The van der Waals surface area contributed by atoms with Gasteiger partial charge in [-0.15, -0.1) is 11.3 Å². The van der Waals surface area contributed by atoms with Gasteiger partial charge < -0.3 is 19.2 Å². The molecule has 0 aliphatic carbocycles. The number of carboxylic acid groups (broad SMARTS) is 1. The summed E-state index contributed by atoms with van der Waals surface area (Å²) >= 11 is 1.45. The summed E-state index contributed by atoms with van der Waals surface area (Å²) in [6.07, 6.45) is 3.70. The highest BCUT2D eigenvalue weighted by molar-refractivity contribution is 7.13. The number of methoxy groups -OCH3 is 1. The van der Waals surface area contributed by atoms with Crippen molar-refractivity contribution in [1.29, 1.82) is 0 Å². The summed E-state index contributed by atoms with van der Waals surface area (Å²) in [5.41, 5.74) is 1.55. The van der Waals surface area contributed by atoms with Crippen molar-refractivity contribution in [3.63, 3.8) is 0 Å². The van der Waals surface area contributed by atoms with E-state index in [1.165, 1.54) is 11.3 Å². The molecule has 24 heavy (non-hydrogen) atoms. The Kier molecular flexibility index (Phi) is 4.96. The zero-order valence-electron chi connectivity index (χ0n) is 13.2. The molecule has 1 aliphatic rings. The molecule has 3 rings (SSSR count). The number of carbonyl (C=O) groups excluding carboxylic acids is 1. The van der Waals surface area contributed by atoms with Gasteiger partial charge >= 0.3 is 5.97 Å². The van der Waals surface area contributed by atoms with Crippen LogP contribution >= 0.6 is 11.3 Å². The lowest BCUT2D eigenvalue weighted by Gasteiger charge is -2.22. The maximum atomic E-state index is 12.6. The third kappa shape index (κ3) is 3.65. The molecule has 128 valence electrons. The number of aliphatic carboxylic acids is 1. The van der Waals surface area contributed by atoms with Crippen LogP contribution in [0.4, 0.5) is 0 Å². The predicted molar refractivity (Wildman–Crippen MR) is 86.7 cm³/mol. The highest BCUT2D eigenvalue weighted by Crippen LogP contribution is 2.26. The predicted octanol–water partition coefficient (Wildman–Crippen LogP) is 2.04. The molecule has 1 N–H and O–H groups in total. The van der Waals surface area contributed by atoms with Gasteiger partial charge in [-0.25, -0.2) is 4.98 Å². The molecule has 0 saturated carbocycles. The molecule has 0 spiro atoms. The van der Waals surface area contributed by atoms with Gasteiger partial charge in [-0.05, 0) is 12.5 Å². The van der Waals surface area contributed by atoms with Crippen molar-refractivity contribution < 1.29 is 23.8 Å². The number of amides is 1. The van der Waals surface area contributed by atoms with E-state index in [0.29, 0.717) is 18.7 Å². The number of carbonyl (C=O) groups is 2. The molecule has 1 amide bonds. The Morgan fingerprint density at radius 2 is 2.38 bits per heavy atom. The molecule has 2 atom stereocenters. The quantitative estimate of drug-likeness (QED) is 0.857. The summed E-state index contributed by atoms with van der Waals surface area (Å²) in [6.45, 7) is 0.423. The van der Waals surface area contributed by atoms with Gasteiger partial charge in [0.05, 0.1) is 30.9 Å². The number of hydrogen-bond acceptors (Lipinski definition) is 6. The van der Waals surface area contributed by atoms with Crippen molar-refractivity contribution in [1.82, 2.24) is 9.88 Å². The number of furan rings is 1. The van der Waals surface area contributed by atoms with Crippen molar-refractivity contribution in [2.75, 3.05) is 13.7 Å². The summed E-state index contributed by atoms with van der Waals surface area (Å²) < 4.78 is 10.3. The van der Waals surface area contributed by atoms with Crippen LogP contribution in [0.25, 0.3) is 10.6 Å². The first kappa shape index (κ1) is 16.7. The smallest absolute Gasteiger partial charge is 0.305 e. The highest BCUT2D eigenvalue weighted by Gasteiger charge is 2.36. The second-order valence-corrected chi connectivity index (χ2v) is 6.58. The van der Waals surface area contributed by atoms with E-state index < -0.39 is 5.97 Å². The Bertz CT molecular complexity index is 712. The number of hydrogen-bond donors (Lipinski definition) is 1. The molecule has 0 aromatic carbocycles. The van der Waals surface area contributed by atoms with E-state index in [1.54, 1.807) is 24.5 Å². The molecular weight excluding hydrogens is 332 g/mol. The van der Waals surface area contributed by atoms with Gasteiger partial charge in [0.15, 0.2) is 0 Å². The van der Waals surface area contributed by atoms with Crippen molar-refractivity contribution in [3.8, 4) is 10.6 Å². The summed E-state index contributed by atoms with van der Waals surface area (Å²) in [4.78, 5) is 29.7. The minimum absolute atomic E-state index is 0.0665. The van der Waals surface area contributed by atoms with Crippen LogP contribution in [0.15, 0.2) is 28.4 Å². The minimum atomic E-state index is -0.912. The fourth-order valence-corrected chi connectivity index (χ4v) is 3.71. The summed E-state index contributed by atoms with van der Waals surface area (Å²) in [5.74, 6) is -1.03. The van der Waals surface area contributed by atoms with E-state index in [-0.39, 0.29) is 30.9 Å². The van der Waals surface area contributed by atoms with Gasteiger partial charge in [0.1, 0.15) is 11.3 Å². The molecule has 8 heteroatoms. The fourth-order valence-electron chi connectivity index (χ4n) is 2.91. The molecule has 0 bridgehead atoms. The Balaban J connectivity index is 1.68. The number of aromatic nitrogens is 1. The van der Waals surface area contributed by atoms with Crippen LogP contribution in [0.3, 0.4) is 0 Å². The zero-order valence-corrected chi connectivity index (χ0v) is 14.0. The van der Waals surface area contributed by atoms with Gasteiger partial charge in [-0.2, -0.15) is 0 Å². The van der Waals surface area contributed by atoms with Gasteiger partial charge in [0.2, 0.25) is 5.91 Å². The third-order valence-electron chi connectivity index (χ3n) is 4.09. The van der Waals surface area contributed by atoms with Crippen LogP contribution in [0, 0.1) is 0 Å². The largest absolute Gasteiger partial charge is 0.481 e. The van der Waals surface area contributed by atoms with Crippen LogP contribution in [-0.2, 0) is 20.7 Å². The number of ether oxygens (including phenoxy) is 1. The molecule has 1 fully saturated rings. The zero-order chi connectivity index (χ0) is 17.1. The van der Waals surface area contributed by atoms with E-state index in [9.17, 15) is 9.59 Å². The molecule has 1 aliphatic heterocycles. The molecule has 0 radical (unpaired) electrons. The molecule has 3 heterocycles. The SMILES string of the molecule is COC1CC(CC(=O)O)N(C(=O)Cc2csc(-c3ccoc3)n2)C1. The van der Waals surface area contributed by atoms with Crippen LogP contribution in [0.1, 0.15) is 18.5 Å². The van der Waals surface area contributed by atoms with Crippen LogP contribution in [-0.4, -0.2) is 52.7 Å². The van der Waals surface area contributed by atoms with Gasteiger partial charge in [0, 0.05) is 30.6 Å². The van der Waals surface area contributed by atoms with Crippen molar-refractivity contribution in [2.24, 2.45) is 0 Å². The number of thiazole rings is 1. The number of rotatable bonds is 6. The summed E-state index contributed by atoms with van der Waals surface area (Å²) in [7, 11) is 1.58. The van der Waals surface area contributed by atoms with Crippen LogP contribution in [0.2, 0.25) is 0 Å². The average molecular weight is 350 g/mol. The van der Waals surface area contributed by atoms with Crippen molar-refractivity contribution in [3.05, 3.63) is 29.7 Å². The number of likely N-dealkylation sites (tertiary alicyclic amines) is 1. The normalized spacial score (nSPS) is 20.5. The average Bonchev–Trinajstić information content (AvgIpc) is 3.26. The monoisotopic (exact) mass is 350 g/mol. The third-order valence-corrected chi connectivity index (χ3v) is 5.03. The van der Waals surface area contributed by atoms with Gasteiger partial charge in [0.25, 0.3) is 0 Å². The van der Waals surface area contributed by atoms with E-state index >= 15 is 0 Å². The summed E-state index contributed by atoms with van der Waals surface area (Å²) in [5, 5.41) is 11.7. The van der Waals surface area contributed by atoms with Gasteiger partial charge in [-0.3, -0.25) is 9.59 Å². The highest BCUT2D eigenvalue weighted by atomic mass is 32.1. The molecule has 2 unspecified atom stereocenters. The van der Waals surface area contributed by atoms with Crippen molar-refractivity contribution in [2.45, 2.75) is 31.4 Å². The second-order valence-electron chi connectivity index (χ2n) is 5.72. The van der Waals surface area contributed by atoms with Crippen LogP contribution in [0.5, 0.6) is 0 Å². The molecular formula is C16H18N2O5S. The van der Waals surface area contributed by atoms with E-state index in [4.69, 9.17) is 14.3 Å². The first-order chi connectivity index (χ1) is 11.6. The van der Waals surface area contributed by atoms with Crippen molar-refractivity contribution >= 4 is 23.2 Å². The lowest BCUT2D eigenvalue weighted by Crippen LogP contribution is -2.38. The standard InChI is InChI=1S/C16H18N2O5S/c1-22-13-5-12(6-15(20)21)18(7-13)14(19)4-11-9-24-16(17-11)10-2-3-23-8-10/h2-3,8-9,12-13H,4-7H2,1H3,(H,20,21). The number of carboxylic acids is 1. The Morgan fingerprint density at radius 1 is 1.54 bits per heavy atom. The minimum Gasteiger partial charge on any atom is -0.481 e. The van der Waals surface area contributed by atoms with Crippen LogP contribution < -0.4 is 0 Å². The summed E-state index contributed by atoms with van der Waals surface area (Å²) in [6, 6.07) is 1.49. The topological polar surface area (TPSA) is 92.9 Å². The lowest BCUT2D eigenvalue weighted by atomic mass is 10.1. The maximum Gasteiger partial charge on any atom is 0.305 e. The molecule has 2 aromatic rings. The van der Waals surface area contributed by atoms with E-state index in [0.717, 1.165) is 10.6 Å². The van der Waals surface area contributed by atoms with E-state index in [2.05, 4.69) is 4.98 Å². The Hall–Kier alpha value is -2.19. The fraction of sp³-hybridized carbons (Fsp3) is 0.438. The first-order valence-electron chi connectivity index (χ1n) is 7.58. The Morgan fingerprint density at radius 3 is 3.04 bits per heavy atom. The maximum absolute atomic E-state index is 12.6.